The zero-order chi connectivity index (χ0) is 13.3. The second-order valence-electron chi connectivity index (χ2n) is 6.10. The minimum Gasteiger partial charge on any atom is -0.490 e. The topological polar surface area (TPSA) is 21.3 Å². The quantitative estimate of drug-likeness (QED) is 0.886. The molecule has 1 aromatic carbocycles. The highest BCUT2D eigenvalue weighted by Gasteiger charge is 2.40. The van der Waals surface area contributed by atoms with Gasteiger partial charge in [-0.2, -0.15) is 0 Å². The third-order valence-electron chi connectivity index (χ3n) is 4.83. The van der Waals surface area contributed by atoms with Crippen molar-refractivity contribution in [3.8, 4) is 5.75 Å². The molecule has 1 saturated heterocycles. The van der Waals surface area contributed by atoms with Gasteiger partial charge in [0.15, 0.2) is 0 Å². The Hall–Kier alpha value is -0.540. The van der Waals surface area contributed by atoms with E-state index in [4.69, 9.17) is 4.74 Å². The molecule has 3 rings (SSSR count). The van der Waals surface area contributed by atoms with Crippen molar-refractivity contribution in [3.63, 3.8) is 0 Å². The molecular formula is C16H22BrNO. The van der Waals surface area contributed by atoms with E-state index in [1.54, 1.807) is 0 Å². The van der Waals surface area contributed by atoms with Crippen LogP contribution in [0.1, 0.15) is 37.7 Å². The predicted molar refractivity (Wildman–Crippen MR) is 81.7 cm³/mol. The van der Waals surface area contributed by atoms with Crippen molar-refractivity contribution in [1.29, 1.82) is 0 Å². The molecule has 1 spiro atoms. The van der Waals surface area contributed by atoms with Gasteiger partial charge < -0.3 is 10.1 Å². The molecule has 0 amide bonds. The second kappa shape index (κ2) is 5.45. The SMILES string of the molecule is Cc1c(Br)cccc1OC1CCC2(CCNCC2)C1. The molecule has 0 bridgehead atoms. The number of halogens is 1. The summed E-state index contributed by atoms with van der Waals surface area (Å²) in [6, 6.07) is 6.22. The summed E-state index contributed by atoms with van der Waals surface area (Å²) in [4.78, 5) is 0. The lowest BCUT2D eigenvalue weighted by Crippen LogP contribution is -2.35. The Morgan fingerprint density at radius 1 is 1.26 bits per heavy atom. The molecular weight excluding hydrogens is 302 g/mol. The van der Waals surface area contributed by atoms with Crippen LogP contribution in [0, 0.1) is 12.3 Å². The van der Waals surface area contributed by atoms with Crippen LogP contribution in [0.3, 0.4) is 0 Å². The van der Waals surface area contributed by atoms with Crippen molar-refractivity contribution in [2.45, 2.75) is 45.1 Å². The Kier molecular flexibility index (Phi) is 3.86. The lowest BCUT2D eigenvalue weighted by molar-refractivity contribution is 0.155. The molecule has 1 N–H and O–H groups in total. The average molecular weight is 324 g/mol. The number of rotatable bonds is 2. The molecule has 1 unspecified atom stereocenters. The van der Waals surface area contributed by atoms with Crippen LogP contribution >= 0.6 is 15.9 Å². The van der Waals surface area contributed by atoms with Crippen LogP contribution in [0.2, 0.25) is 0 Å². The summed E-state index contributed by atoms with van der Waals surface area (Å²) in [7, 11) is 0. The Morgan fingerprint density at radius 3 is 2.84 bits per heavy atom. The van der Waals surface area contributed by atoms with Crippen molar-refractivity contribution < 1.29 is 4.74 Å². The van der Waals surface area contributed by atoms with Gasteiger partial charge in [-0.05, 0) is 69.7 Å². The molecule has 2 aliphatic rings. The fourth-order valence-corrected chi connectivity index (χ4v) is 3.91. The molecule has 1 aliphatic heterocycles. The van der Waals surface area contributed by atoms with Crippen molar-refractivity contribution in [2.75, 3.05) is 13.1 Å². The van der Waals surface area contributed by atoms with E-state index in [1.165, 1.54) is 50.8 Å². The van der Waals surface area contributed by atoms with Crippen LogP contribution in [-0.2, 0) is 0 Å². The van der Waals surface area contributed by atoms with Gasteiger partial charge in [0, 0.05) is 10.0 Å². The van der Waals surface area contributed by atoms with E-state index in [0.717, 1.165) is 10.2 Å². The van der Waals surface area contributed by atoms with Gasteiger partial charge in [0.1, 0.15) is 5.75 Å². The first kappa shape index (κ1) is 13.4. The molecule has 1 saturated carbocycles. The molecule has 2 nitrogen and oxygen atoms in total. The van der Waals surface area contributed by atoms with Crippen LogP contribution < -0.4 is 10.1 Å². The van der Waals surface area contributed by atoms with Crippen LogP contribution in [0.4, 0.5) is 0 Å². The summed E-state index contributed by atoms with van der Waals surface area (Å²) < 4.78 is 7.40. The zero-order valence-electron chi connectivity index (χ0n) is 11.5. The van der Waals surface area contributed by atoms with E-state index < -0.39 is 0 Å². The molecule has 3 heteroatoms. The Labute approximate surface area is 124 Å². The van der Waals surface area contributed by atoms with Gasteiger partial charge in [0.05, 0.1) is 6.10 Å². The minimum absolute atomic E-state index is 0.408. The fraction of sp³-hybridized carbons (Fsp3) is 0.625. The predicted octanol–water partition coefficient (Wildman–Crippen LogP) is 4.06. The van der Waals surface area contributed by atoms with Gasteiger partial charge in [0.2, 0.25) is 0 Å². The van der Waals surface area contributed by atoms with E-state index in [1.807, 2.05) is 0 Å². The summed E-state index contributed by atoms with van der Waals surface area (Å²) in [5.74, 6) is 1.05. The molecule has 1 heterocycles. The molecule has 1 aromatic rings. The van der Waals surface area contributed by atoms with Gasteiger partial charge in [-0.1, -0.05) is 22.0 Å². The summed E-state index contributed by atoms with van der Waals surface area (Å²) in [5.41, 5.74) is 1.78. The fourth-order valence-electron chi connectivity index (χ4n) is 3.56. The lowest BCUT2D eigenvalue weighted by atomic mass is 9.77. The third kappa shape index (κ3) is 2.82. The van der Waals surface area contributed by atoms with Crippen LogP contribution in [0.5, 0.6) is 5.75 Å². The smallest absolute Gasteiger partial charge is 0.123 e. The first-order valence-electron chi connectivity index (χ1n) is 7.31. The van der Waals surface area contributed by atoms with Gasteiger partial charge in [-0.15, -0.1) is 0 Å². The van der Waals surface area contributed by atoms with Crippen molar-refractivity contribution in [2.24, 2.45) is 5.41 Å². The first-order chi connectivity index (χ1) is 9.19. The van der Waals surface area contributed by atoms with E-state index in [0.29, 0.717) is 11.5 Å². The molecule has 2 fully saturated rings. The van der Waals surface area contributed by atoms with Crippen molar-refractivity contribution in [3.05, 3.63) is 28.2 Å². The van der Waals surface area contributed by atoms with Crippen molar-refractivity contribution in [1.82, 2.24) is 5.32 Å². The normalized spacial score (nSPS) is 25.7. The molecule has 19 heavy (non-hydrogen) atoms. The molecule has 1 aliphatic carbocycles. The number of hydrogen-bond acceptors (Lipinski definition) is 2. The number of piperidine rings is 1. The highest BCUT2D eigenvalue weighted by molar-refractivity contribution is 9.10. The summed E-state index contributed by atoms with van der Waals surface area (Å²) >= 11 is 3.58. The van der Waals surface area contributed by atoms with Crippen LogP contribution in [0.25, 0.3) is 0 Å². The summed E-state index contributed by atoms with van der Waals surface area (Å²) in [6.45, 7) is 4.49. The van der Waals surface area contributed by atoms with E-state index in [-0.39, 0.29) is 0 Å². The highest BCUT2D eigenvalue weighted by atomic mass is 79.9. The maximum Gasteiger partial charge on any atom is 0.123 e. The second-order valence-corrected chi connectivity index (χ2v) is 6.95. The van der Waals surface area contributed by atoms with E-state index >= 15 is 0 Å². The molecule has 0 aromatic heterocycles. The van der Waals surface area contributed by atoms with E-state index in [2.05, 4.69) is 46.4 Å². The van der Waals surface area contributed by atoms with Crippen LogP contribution in [-0.4, -0.2) is 19.2 Å². The van der Waals surface area contributed by atoms with E-state index in [9.17, 15) is 0 Å². The minimum atomic E-state index is 0.408. The lowest BCUT2D eigenvalue weighted by Gasteiger charge is -2.33. The maximum atomic E-state index is 6.26. The van der Waals surface area contributed by atoms with Crippen molar-refractivity contribution >= 4 is 15.9 Å². The Bertz CT molecular complexity index is 454. The molecule has 104 valence electrons. The Balaban J connectivity index is 1.67. The number of benzene rings is 1. The number of nitrogens with one attached hydrogen (secondary N) is 1. The average Bonchev–Trinajstić information content (AvgIpc) is 2.79. The summed E-state index contributed by atoms with van der Waals surface area (Å²) in [6.07, 6.45) is 6.85. The van der Waals surface area contributed by atoms with Gasteiger partial charge >= 0.3 is 0 Å². The van der Waals surface area contributed by atoms with Crippen LogP contribution in [0.15, 0.2) is 22.7 Å². The highest BCUT2D eigenvalue weighted by Crippen LogP contribution is 2.46. The third-order valence-corrected chi connectivity index (χ3v) is 5.69. The summed E-state index contributed by atoms with van der Waals surface area (Å²) in [5, 5.41) is 3.47. The van der Waals surface area contributed by atoms with Gasteiger partial charge in [0.25, 0.3) is 0 Å². The first-order valence-corrected chi connectivity index (χ1v) is 8.10. The van der Waals surface area contributed by atoms with Gasteiger partial charge in [-0.3, -0.25) is 0 Å². The zero-order valence-corrected chi connectivity index (χ0v) is 13.1. The molecule has 0 radical (unpaired) electrons. The standard InChI is InChI=1S/C16H22BrNO/c1-12-14(17)3-2-4-15(12)19-13-5-6-16(11-13)7-9-18-10-8-16/h2-4,13,18H,5-11H2,1H3. The largest absolute Gasteiger partial charge is 0.490 e. The maximum absolute atomic E-state index is 6.26. The Morgan fingerprint density at radius 2 is 2.05 bits per heavy atom. The monoisotopic (exact) mass is 323 g/mol. The van der Waals surface area contributed by atoms with Gasteiger partial charge in [-0.25, -0.2) is 0 Å². The number of ether oxygens (including phenoxy) is 1. The molecule has 1 atom stereocenters. The number of hydrogen-bond donors (Lipinski definition) is 1.